The second-order valence-corrected chi connectivity index (χ2v) is 5.19. The van der Waals surface area contributed by atoms with Crippen LogP contribution in [0.3, 0.4) is 0 Å². The lowest BCUT2D eigenvalue weighted by Crippen LogP contribution is -2.36. The van der Waals surface area contributed by atoms with Gasteiger partial charge in [0.2, 0.25) is 0 Å². The first kappa shape index (κ1) is 12.2. The SMILES string of the molecule is CC1(n2cncc2-c2cccnc2N)CCOCC1. The maximum absolute atomic E-state index is 5.98. The predicted molar refractivity (Wildman–Crippen MR) is 73.6 cm³/mol. The molecule has 2 N–H and O–H groups in total. The highest BCUT2D eigenvalue weighted by molar-refractivity contribution is 5.70. The van der Waals surface area contributed by atoms with Gasteiger partial charge in [-0.3, -0.25) is 0 Å². The average molecular weight is 258 g/mol. The molecule has 0 atom stereocenters. The Balaban J connectivity index is 2.06. The zero-order valence-electron chi connectivity index (χ0n) is 11.0. The Kier molecular flexibility index (Phi) is 2.98. The Morgan fingerprint density at radius 3 is 2.89 bits per heavy atom. The molecule has 100 valence electrons. The molecule has 2 aromatic heterocycles. The number of imidazole rings is 1. The van der Waals surface area contributed by atoms with Crippen LogP contribution in [0.1, 0.15) is 19.8 Å². The minimum Gasteiger partial charge on any atom is -0.383 e. The van der Waals surface area contributed by atoms with Gasteiger partial charge in [0.15, 0.2) is 0 Å². The second-order valence-electron chi connectivity index (χ2n) is 5.19. The molecule has 0 aliphatic carbocycles. The Morgan fingerprint density at radius 1 is 1.37 bits per heavy atom. The molecule has 0 radical (unpaired) electrons. The van der Waals surface area contributed by atoms with Gasteiger partial charge in [0.25, 0.3) is 0 Å². The number of rotatable bonds is 2. The van der Waals surface area contributed by atoms with Gasteiger partial charge in [-0.1, -0.05) is 0 Å². The summed E-state index contributed by atoms with van der Waals surface area (Å²) in [4.78, 5) is 8.45. The minimum atomic E-state index is 0.0341. The molecule has 2 aromatic rings. The fourth-order valence-electron chi connectivity index (χ4n) is 2.61. The van der Waals surface area contributed by atoms with Crippen LogP contribution in [0.25, 0.3) is 11.3 Å². The van der Waals surface area contributed by atoms with E-state index in [1.807, 2.05) is 24.7 Å². The molecule has 3 heterocycles. The Morgan fingerprint density at radius 2 is 2.16 bits per heavy atom. The molecule has 1 saturated heterocycles. The lowest BCUT2D eigenvalue weighted by Gasteiger charge is -2.36. The summed E-state index contributed by atoms with van der Waals surface area (Å²) >= 11 is 0. The third kappa shape index (κ3) is 2.10. The van der Waals surface area contributed by atoms with Crippen molar-refractivity contribution in [2.75, 3.05) is 18.9 Å². The van der Waals surface area contributed by atoms with Gasteiger partial charge in [-0.25, -0.2) is 9.97 Å². The van der Waals surface area contributed by atoms with Crippen molar-refractivity contribution >= 4 is 5.82 Å². The zero-order valence-corrected chi connectivity index (χ0v) is 11.0. The van der Waals surface area contributed by atoms with E-state index in [4.69, 9.17) is 10.5 Å². The molecule has 5 nitrogen and oxygen atoms in total. The summed E-state index contributed by atoms with van der Waals surface area (Å²) in [5.74, 6) is 0.542. The molecule has 0 unspecified atom stereocenters. The van der Waals surface area contributed by atoms with Crippen LogP contribution in [0, 0.1) is 0 Å². The van der Waals surface area contributed by atoms with Gasteiger partial charge in [0.1, 0.15) is 5.82 Å². The summed E-state index contributed by atoms with van der Waals surface area (Å²) in [5, 5.41) is 0. The lowest BCUT2D eigenvalue weighted by molar-refractivity contribution is 0.0301. The van der Waals surface area contributed by atoms with Crippen LogP contribution in [0.15, 0.2) is 30.9 Å². The van der Waals surface area contributed by atoms with Crippen molar-refractivity contribution in [3.05, 3.63) is 30.9 Å². The van der Waals surface area contributed by atoms with Gasteiger partial charge in [0, 0.05) is 30.5 Å². The Hall–Kier alpha value is -1.88. The first-order chi connectivity index (χ1) is 9.21. The van der Waals surface area contributed by atoms with Crippen LogP contribution >= 0.6 is 0 Å². The van der Waals surface area contributed by atoms with Crippen molar-refractivity contribution in [1.82, 2.24) is 14.5 Å². The predicted octanol–water partition coefficient (Wildman–Crippen LogP) is 2.05. The molecule has 1 fully saturated rings. The fourth-order valence-corrected chi connectivity index (χ4v) is 2.61. The van der Waals surface area contributed by atoms with Crippen molar-refractivity contribution < 1.29 is 4.74 Å². The van der Waals surface area contributed by atoms with Gasteiger partial charge in [0.05, 0.1) is 18.2 Å². The maximum Gasteiger partial charge on any atom is 0.132 e. The van der Waals surface area contributed by atoms with Crippen LogP contribution in [-0.2, 0) is 10.3 Å². The van der Waals surface area contributed by atoms with E-state index in [1.165, 1.54) is 0 Å². The van der Waals surface area contributed by atoms with E-state index in [-0.39, 0.29) is 5.54 Å². The van der Waals surface area contributed by atoms with E-state index < -0.39 is 0 Å². The summed E-state index contributed by atoms with van der Waals surface area (Å²) in [6.45, 7) is 3.82. The molecule has 0 amide bonds. The van der Waals surface area contributed by atoms with Crippen molar-refractivity contribution in [2.45, 2.75) is 25.3 Å². The number of nitrogen functional groups attached to an aromatic ring is 1. The van der Waals surface area contributed by atoms with Gasteiger partial charge in [-0.05, 0) is 31.9 Å². The number of aromatic nitrogens is 3. The van der Waals surface area contributed by atoms with Crippen molar-refractivity contribution in [3.8, 4) is 11.3 Å². The molecule has 0 spiro atoms. The number of nitrogens with zero attached hydrogens (tertiary/aromatic N) is 3. The van der Waals surface area contributed by atoms with E-state index in [1.54, 1.807) is 6.20 Å². The highest BCUT2D eigenvalue weighted by Crippen LogP contribution is 2.34. The molecule has 1 aliphatic rings. The standard InChI is InChI=1S/C14H18N4O/c1-14(4-7-19-8-5-14)18-10-16-9-12(18)11-3-2-6-17-13(11)15/h2-3,6,9-10H,4-5,7-8H2,1H3,(H2,15,17). The van der Waals surface area contributed by atoms with Crippen molar-refractivity contribution in [3.63, 3.8) is 0 Å². The zero-order chi connectivity index (χ0) is 13.3. The minimum absolute atomic E-state index is 0.0341. The molecule has 19 heavy (non-hydrogen) atoms. The van der Waals surface area contributed by atoms with E-state index in [2.05, 4.69) is 21.5 Å². The monoisotopic (exact) mass is 258 g/mol. The number of anilines is 1. The largest absolute Gasteiger partial charge is 0.383 e. The molecule has 5 heteroatoms. The number of pyridine rings is 1. The second kappa shape index (κ2) is 4.66. The van der Waals surface area contributed by atoms with E-state index in [0.29, 0.717) is 5.82 Å². The smallest absolute Gasteiger partial charge is 0.132 e. The van der Waals surface area contributed by atoms with E-state index in [0.717, 1.165) is 37.3 Å². The third-order valence-corrected chi connectivity index (χ3v) is 3.90. The molecule has 0 saturated carbocycles. The first-order valence-electron chi connectivity index (χ1n) is 6.52. The van der Waals surface area contributed by atoms with Gasteiger partial charge >= 0.3 is 0 Å². The average Bonchev–Trinajstić information content (AvgIpc) is 2.90. The number of hydrogen-bond donors (Lipinski definition) is 1. The number of nitrogens with two attached hydrogens (primary N) is 1. The summed E-state index contributed by atoms with van der Waals surface area (Å²) < 4.78 is 7.67. The first-order valence-corrected chi connectivity index (χ1v) is 6.52. The van der Waals surface area contributed by atoms with Crippen molar-refractivity contribution in [1.29, 1.82) is 0 Å². The maximum atomic E-state index is 5.98. The number of ether oxygens (including phenoxy) is 1. The fraction of sp³-hybridized carbons (Fsp3) is 0.429. The van der Waals surface area contributed by atoms with Crippen LogP contribution in [0.2, 0.25) is 0 Å². The molecule has 3 rings (SSSR count). The summed E-state index contributed by atoms with van der Waals surface area (Å²) in [6.07, 6.45) is 7.41. The van der Waals surface area contributed by atoms with Crippen molar-refractivity contribution in [2.24, 2.45) is 0 Å². The van der Waals surface area contributed by atoms with Crippen LogP contribution < -0.4 is 5.73 Å². The molecular weight excluding hydrogens is 240 g/mol. The van der Waals surface area contributed by atoms with Gasteiger partial charge in [-0.2, -0.15) is 0 Å². The van der Waals surface area contributed by atoms with Crippen LogP contribution in [0.5, 0.6) is 0 Å². The topological polar surface area (TPSA) is 66.0 Å². The highest BCUT2D eigenvalue weighted by atomic mass is 16.5. The van der Waals surface area contributed by atoms with Gasteiger partial charge < -0.3 is 15.0 Å². The lowest BCUT2D eigenvalue weighted by atomic mass is 9.91. The normalized spacial score (nSPS) is 18.4. The quantitative estimate of drug-likeness (QED) is 0.895. The Bertz CT molecular complexity index is 572. The summed E-state index contributed by atoms with van der Waals surface area (Å²) in [7, 11) is 0. The summed E-state index contributed by atoms with van der Waals surface area (Å²) in [6, 6.07) is 3.88. The molecular formula is C14H18N4O. The van der Waals surface area contributed by atoms with Crippen LogP contribution in [0.4, 0.5) is 5.82 Å². The third-order valence-electron chi connectivity index (χ3n) is 3.90. The van der Waals surface area contributed by atoms with E-state index >= 15 is 0 Å². The van der Waals surface area contributed by atoms with E-state index in [9.17, 15) is 0 Å². The molecule has 1 aliphatic heterocycles. The Labute approximate surface area is 112 Å². The van der Waals surface area contributed by atoms with Crippen LogP contribution in [-0.4, -0.2) is 27.7 Å². The molecule has 0 aromatic carbocycles. The highest BCUT2D eigenvalue weighted by Gasteiger charge is 2.31. The molecule has 0 bridgehead atoms. The summed E-state index contributed by atoms with van der Waals surface area (Å²) in [5.41, 5.74) is 7.97. The van der Waals surface area contributed by atoms with Gasteiger partial charge in [-0.15, -0.1) is 0 Å². The number of hydrogen-bond acceptors (Lipinski definition) is 4.